The number of rotatable bonds is 1. The van der Waals surface area contributed by atoms with Crippen LogP contribution in [0.5, 0.6) is 0 Å². The van der Waals surface area contributed by atoms with Crippen LogP contribution in [0, 0.1) is 13.8 Å². The number of pyridine rings is 1. The van der Waals surface area contributed by atoms with Crippen LogP contribution in [0.3, 0.4) is 0 Å². The normalized spacial score (nSPS) is 18.2. The van der Waals surface area contributed by atoms with E-state index in [1.807, 2.05) is 12.1 Å². The second-order valence-electron chi connectivity index (χ2n) is 10.4. The third kappa shape index (κ3) is 2.09. The zero-order valence-corrected chi connectivity index (χ0v) is 19.7. The van der Waals surface area contributed by atoms with Gasteiger partial charge < -0.3 is 0 Å². The van der Waals surface area contributed by atoms with Crippen LogP contribution in [0.25, 0.3) is 38.6 Å². The highest BCUT2D eigenvalue weighted by Crippen LogP contribution is 2.53. The van der Waals surface area contributed by atoms with E-state index in [9.17, 15) is 0 Å². The van der Waals surface area contributed by atoms with Crippen LogP contribution in [0.2, 0.25) is 0 Å². The van der Waals surface area contributed by atoms with Gasteiger partial charge in [-0.3, -0.25) is 0 Å². The van der Waals surface area contributed by atoms with E-state index in [1.165, 1.54) is 22.5 Å². The van der Waals surface area contributed by atoms with Crippen molar-refractivity contribution in [1.29, 1.82) is 0 Å². The molecule has 0 fully saturated rings. The highest BCUT2D eigenvalue weighted by Gasteiger charge is 2.52. The predicted octanol–water partition coefficient (Wildman–Crippen LogP) is 6.92. The van der Waals surface area contributed by atoms with Crippen LogP contribution in [0.1, 0.15) is 54.2 Å². The predicted molar refractivity (Wildman–Crippen MR) is 135 cm³/mol. The molecule has 6 rings (SSSR count). The summed E-state index contributed by atoms with van der Waals surface area (Å²) in [5, 5.41) is 2.98. The number of aromatic nitrogens is 2. The molecule has 1 aliphatic heterocycles. The Morgan fingerprint density at radius 3 is 2.28 bits per heavy atom. The Bertz CT molecular complexity index is 1690. The van der Waals surface area contributed by atoms with E-state index < -0.39 is 6.85 Å². The molecule has 0 unspecified atom stereocenters. The van der Waals surface area contributed by atoms with Gasteiger partial charge >= 0.3 is 0 Å². The Morgan fingerprint density at radius 2 is 1.56 bits per heavy atom. The first-order chi connectivity index (χ1) is 16.4. The van der Waals surface area contributed by atoms with Crippen LogP contribution in [0.4, 0.5) is 0 Å². The molecule has 0 bridgehead atoms. The maximum absolute atomic E-state index is 8.41. The van der Waals surface area contributed by atoms with Gasteiger partial charge in [0.2, 0.25) is 0 Å². The largest absolute Gasteiger partial charge is 0.295 e. The Labute approximate surface area is 194 Å². The minimum absolute atomic E-state index is 0.222. The average molecular weight is 423 g/mol. The molecule has 0 radical (unpaired) electrons. The number of imidazole rings is 1. The van der Waals surface area contributed by atoms with Gasteiger partial charge in [0, 0.05) is 36.8 Å². The van der Waals surface area contributed by atoms with Crippen molar-refractivity contribution in [1.82, 2.24) is 4.40 Å². The van der Waals surface area contributed by atoms with E-state index in [1.54, 1.807) is 0 Å². The summed E-state index contributed by atoms with van der Waals surface area (Å²) < 4.78 is 30.0. The summed E-state index contributed by atoms with van der Waals surface area (Å²) in [5.41, 5.74) is 8.05. The average Bonchev–Trinajstić information content (AvgIpc) is 3.11. The maximum atomic E-state index is 8.41. The molecular formula is C30H31N2+. The summed E-state index contributed by atoms with van der Waals surface area (Å²) in [6.07, 6.45) is 0. The van der Waals surface area contributed by atoms with Crippen molar-refractivity contribution in [3.05, 3.63) is 83.0 Å². The van der Waals surface area contributed by atoms with Gasteiger partial charge in [0.05, 0.1) is 12.4 Å². The number of benzene rings is 3. The Hall–Kier alpha value is -3.13. The zero-order valence-electron chi connectivity index (χ0n) is 22.7. The zero-order chi connectivity index (χ0) is 25.1. The van der Waals surface area contributed by atoms with E-state index in [4.69, 9.17) is 4.11 Å². The number of fused-ring (bicyclic) bond motifs is 3. The van der Waals surface area contributed by atoms with E-state index in [2.05, 4.69) is 99.2 Å². The molecule has 0 saturated heterocycles. The van der Waals surface area contributed by atoms with Crippen molar-refractivity contribution in [2.45, 2.75) is 52.3 Å². The molecule has 2 aromatic heterocycles. The van der Waals surface area contributed by atoms with E-state index >= 15 is 0 Å². The number of nitrogens with zero attached hydrogens (tertiary/aromatic N) is 2. The lowest BCUT2D eigenvalue weighted by atomic mass is 9.60. The van der Waals surface area contributed by atoms with E-state index in [0.717, 1.165) is 32.9 Å². The molecule has 3 aromatic carbocycles. The smallest absolute Gasteiger partial charge is 0.225 e. The fourth-order valence-corrected chi connectivity index (χ4v) is 6.03. The van der Waals surface area contributed by atoms with Crippen LogP contribution in [0.15, 0.2) is 60.7 Å². The summed E-state index contributed by atoms with van der Waals surface area (Å²) in [5.74, 6) is 0. The molecule has 3 heterocycles. The summed E-state index contributed by atoms with van der Waals surface area (Å²) >= 11 is 0. The van der Waals surface area contributed by atoms with Gasteiger partial charge in [-0.25, -0.2) is 4.57 Å². The van der Waals surface area contributed by atoms with E-state index in [-0.39, 0.29) is 10.8 Å². The Kier molecular flexibility index (Phi) is 3.10. The van der Waals surface area contributed by atoms with Crippen molar-refractivity contribution in [3.63, 3.8) is 0 Å². The lowest BCUT2D eigenvalue weighted by Crippen LogP contribution is -2.44. The Morgan fingerprint density at radius 1 is 0.812 bits per heavy atom. The number of hydrogen-bond acceptors (Lipinski definition) is 0. The van der Waals surface area contributed by atoms with E-state index in [0.29, 0.717) is 5.56 Å². The summed E-state index contributed by atoms with van der Waals surface area (Å²) in [7, 11) is 2.15. The highest BCUT2D eigenvalue weighted by atomic mass is 15.1. The second kappa shape index (κ2) is 6.01. The van der Waals surface area contributed by atoms with Gasteiger partial charge in [-0.1, -0.05) is 88.4 Å². The minimum atomic E-state index is -2.21. The van der Waals surface area contributed by atoms with Crippen molar-refractivity contribution in [3.8, 4) is 11.3 Å². The van der Waals surface area contributed by atoms with Crippen molar-refractivity contribution >= 4 is 27.3 Å². The first-order valence-electron chi connectivity index (χ1n) is 12.9. The van der Waals surface area contributed by atoms with Gasteiger partial charge in [-0.2, -0.15) is 4.40 Å². The molecule has 2 nitrogen and oxygen atoms in total. The van der Waals surface area contributed by atoms with Crippen LogP contribution < -0.4 is 4.57 Å². The molecule has 32 heavy (non-hydrogen) atoms. The summed E-state index contributed by atoms with van der Waals surface area (Å²) in [4.78, 5) is 0. The van der Waals surface area contributed by atoms with Crippen LogP contribution in [-0.4, -0.2) is 4.40 Å². The van der Waals surface area contributed by atoms with Crippen LogP contribution >= 0.6 is 0 Å². The van der Waals surface area contributed by atoms with Crippen LogP contribution in [-0.2, 0) is 17.9 Å². The summed E-state index contributed by atoms with van der Waals surface area (Å²) in [6.45, 7) is 9.18. The number of aryl methyl sites for hydroxylation is 3. The Balaban J connectivity index is 2.05. The first-order valence-corrected chi connectivity index (χ1v) is 11.4. The minimum Gasteiger partial charge on any atom is -0.225 e. The molecule has 0 saturated carbocycles. The molecule has 160 valence electrons. The van der Waals surface area contributed by atoms with Gasteiger partial charge in [0.25, 0.3) is 5.65 Å². The molecule has 1 aliphatic rings. The fourth-order valence-electron chi connectivity index (χ4n) is 6.03. The third-order valence-electron chi connectivity index (χ3n) is 8.36. The topological polar surface area (TPSA) is 8.29 Å². The molecule has 0 N–H and O–H groups in total. The molecular weight excluding hydrogens is 388 g/mol. The summed E-state index contributed by atoms with van der Waals surface area (Å²) in [6, 6.07) is 20.8. The third-order valence-corrected chi connectivity index (χ3v) is 8.36. The first kappa shape index (κ1) is 16.5. The fraction of sp³-hybridized carbons (Fsp3) is 0.300. The molecule has 0 spiro atoms. The lowest BCUT2D eigenvalue weighted by Gasteiger charge is -2.43. The molecule has 5 aromatic rings. The van der Waals surface area contributed by atoms with Crippen molar-refractivity contribution in [2.75, 3.05) is 0 Å². The quantitative estimate of drug-likeness (QED) is 0.205. The second-order valence-corrected chi connectivity index (χ2v) is 10.4. The molecule has 2 heteroatoms. The van der Waals surface area contributed by atoms with Crippen molar-refractivity contribution in [2.24, 2.45) is 7.05 Å². The number of hydrogen-bond donors (Lipinski definition) is 0. The lowest BCUT2D eigenvalue weighted by molar-refractivity contribution is -0.632. The highest BCUT2D eigenvalue weighted by molar-refractivity contribution is 6.15. The molecule has 0 aliphatic carbocycles. The van der Waals surface area contributed by atoms with Gasteiger partial charge in [-0.05, 0) is 24.9 Å². The van der Waals surface area contributed by atoms with Gasteiger partial charge in [0.15, 0.2) is 11.4 Å². The van der Waals surface area contributed by atoms with Crippen molar-refractivity contribution < 1.29 is 8.68 Å². The van der Waals surface area contributed by atoms with Gasteiger partial charge in [-0.15, -0.1) is 0 Å². The maximum Gasteiger partial charge on any atom is 0.295 e. The van der Waals surface area contributed by atoms with Gasteiger partial charge in [0.1, 0.15) is 5.52 Å². The standard InChI is InChI=1S/C30H31N2/c1-18-12-11-15-21-23-19(2)16-17-22-26(23)32-27(30(5,6)29(22,3)4)25(20-13-9-8-10-14-20)31(7)28(32)24(18)21/h8-17H,1-7H3/q+1/i2D3. The molecule has 0 amide bonds. The SMILES string of the molecule is [2H]C([2H])([2H])c1ccc2c3c1c1cccc(C)c1c1n3c(c(-c3ccccc3)[n+]1C)C(C)(C)C2(C)C. The molecule has 0 atom stereocenters. The monoisotopic (exact) mass is 422 g/mol.